The van der Waals surface area contributed by atoms with E-state index >= 15 is 0 Å². The van der Waals surface area contributed by atoms with Gasteiger partial charge in [0.05, 0.1) is 13.2 Å². The van der Waals surface area contributed by atoms with Crippen molar-refractivity contribution in [3.8, 4) is 0 Å². The number of aromatic nitrogens is 2. The number of nitrogen functional groups attached to an aromatic ring is 1. The van der Waals surface area contributed by atoms with Crippen molar-refractivity contribution in [2.45, 2.75) is 6.42 Å². The van der Waals surface area contributed by atoms with E-state index in [1.807, 2.05) is 0 Å². The van der Waals surface area contributed by atoms with Gasteiger partial charge in [-0.05, 0) is 6.42 Å². The quantitative estimate of drug-likeness (QED) is 0.595. The van der Waals surface area contributed by atoms with Crippen LogP contribution in [0.1, 0.15) is 6.42 Å². The number of nitrogens with two attached hydrogens (primary N) is 1. The lowest BCUT2D eigenvalue weighted by atomic mass is 10.4. The SMILES string of the molecule is COCCOCCCNc1nnc(N)o1. The molecule has 3 N–H and O–H groups in total. The summed E-state index contributed by atoms with van der Waals surface area (Å²) in [5.41, 5.74) is 5.25. The van der Waals surface area contributed by atoms with Gasteiger partial charge in [0.15, 0.2) is 0 Å². The highest BCUT2D eigenvalue weighted by Crippen LogP contribution is 2.05. The lowest BCUT2D eigenvalue weighted by Gasteiger charge is -2.03. The molecule has 0 aliphatic heterocycles. The third-order valence-electron chi connectivity index (χ3n) is 1.61. The minimum atomic E-state index is 0.0637. The Labute approximate surface area is 87.9 Å². The molecule has 0 saturated carbocycles. The van der Waals surface area contributed by atoms with Gasteiger partial charge in [-0.3, -0.25) is 0 Å². The molecule has 1 aromatic rings. The molecule has 7 heteroatoms. The average molecular weight is 216 g/mol. The summed E-state index contributed by atoms with van der Waals surface area (Å²) >= 11 is 0. The van der Waals surface area contributed by atoms with Gasteiger partial charge in [-0.1, -0.05) is 10.2 Å². The van der Waals surface area contributed by atoms with E-state index in [-0.39, 0.29) is 6.01 Å². The number of anilines is 2. The van der Waals surface area contributed by atoms with Crippen LogP contribution in [0.4, 0.5) is 12.0 Å². The number of nitrogens with zero attached hydrogens (tertiary/aromatic N) is 2. The Kier molecular flexibility index (Phi) is 5.49. The molecular formula is C8H16N4O3. The van der Waals surface area contributed by atoms with E-state index in [0.29, 0.717) is 32.4 Å². The fourth-order valence-corrected chi connectivity index (χ4v) is 0.920. The van der Waals surface area contributed by atoms with Crippen LogP contribution in [0.15, 0.2) is 4.42 Å². The molecule has 1 aromatic heterocycles. The van der Waals surface area contributed by atoms with Crippen LogP contribution in [0.25, 0.3) is 0 Å². The minimum Gasteiger partial charge on any atom is -0.390 e. The number of nitrogens with one attached hydrogen (secondary N) is 1. The van der Waals surface area contributed by atoms with Crippen molar-refractivity contribution in [2.24, 2.45) is 0 Å². The van der Waals surface area contributed by atoms with Crippen molar-refractivity contribution in [1.82, 2.24) is 10.2 Å². The molecule has 1 rings (SSSR count). The Morgan fingerprint density at radius 3 is 2.87 bits per heavy atom. The predicted molar refractivity (Wildman–Crippen MR) is 54.5 cm³/mol. The number of methoxy groups -OCH3 is 1. The first-order valence-corrected chi connectivity index (χ1v) is 4.72. The van der Waals surface area contributed by atoms with Crippen molar-refractivity contribution in [2.75, 3.05) is 44.5 Å². The summed E-state index contributed by atoms with van der Waals surface area (Å²) in [6, 6.07) is 0.401. The molecule has 0 fully saturated rings. The second-order valence-corrected chi connectivity index (χ2v) is 2.83. The van der Waals surface area contributed by atoms with Gasteiger partial charge >= 0.3 is 12.0 Å². The molecule has 0 aromatic carbocycles. The third kappa shape index (κ3) is 5.18. The van der Waals surface area contributed by atoms with E-state index < -0.39 is 0 Å². The van der Waals surface area contributed by atoms with Gasteiger partial charge in [-0.25, -0.2) is 0 Å². The van der Waals surface area contributed by atoms with Gasteiger partial charge in [0.2, 0.25) is 0 Å². The molecule has 0 bridgehead atoms. The Hall–Kier alpha value is -1.34. The van der Waals surface area contributed by atoms with E-state index in [1.54, 1.807) is 7.11 Å². The zero-order chi connectivity index (χ0) is 10.9. The second-order valence-electron chi connectivity index (χ2n) is 2.83. The maximum absolute atomic E-state index is 5.26. The van der Waals surface area contributed by atoms with Gasteiger partial charge in [-0.15, -0.1) is 0 Å². The van der Waals surface area contributed by atoms with Crippen LogP contribution in [0.3, 0.4) is 0 Å². The molecule has 0 spiro atoms. The van der Waals surface area contributed by atoms with E-state index in [4.69, 9.17) is 19.6 Å². The summed E-state index contributed by atoms with van der Waals surface area (Å²) in [7, 11) is 1.64. The van der Waals surface area contributed by atoms with E-state index in [0.717, 1.165) is 6.42 Å². The van der Waals surface area contributed by atoms with Gasteiger partial charge in [0.25, 0.3) is 0 Å². The number of hydrogen-bond acceptors (Lipinski definition) is 7. The van der Waals surface area contributed by atoms with E-state index in [9.17, 15) is 0 Å². The molecule has 0 aliphatic carbocycles. The molecule has 0 unspecified atom stereocenters. The summed E-state index contributed by atoms with van der Waals surface area (Å²) in [5, 5.41) is 10.1. The highest BCUT2D eigenvalue weighted by atomic mass is 16.5. The normalized spacial score (nSPS) is 10.5. The monoisotopic (exact) mass is 216 g/mol. The summed E-state index contributed by atoms with van der Waals surface area (Å²) in [4.78, 5) is 0. The molecule has 15 heavy (non-hydrogen) atoms. The van der Waals surface area contributed by atoms with Gasteiger partial charge < -0.3 is 24.9 Å². The van der Waals surface area contributed by atoms with Crippen LogP contribution >= 0.6 is 0 Å². The van der Waals surface area contributed by atoms with Crippen molar-refractivity contribution in [3.63, 3.8) is 0 Å². The second kappa shape index (κ2) is 7.02. The Morgan fingerprint density at radius 2 is 2.20 bits per heavy atom. The smallest absolute Gasteiger partial charge is 0.316 e. The fourth-order valence-electron chi connectivity index (χ4n) is 0.920. The zero-order valence-corrected chi connectivity index (χ0v) is 8.73. The highest BCUT2D eigenvalue weighted by molar-refractivity contribution is 5.21. The van der Waals surface area contributed by atoms with Crippen molar-refractivity contribution < 1.29 is 13.9 Å². The maximum atomic E-state index is 5.26. The highest BCUT2D eigenvalue weighted by Gasteiger charge is 1.99. The van der Waals surface area contributed by atoms with Crippen LogP contribution in [-0.2, 0) is 9.47 Å². The lowest BCUT2D eigenvalue weighted by molar-refractivity contribution is 0.0705. The first-order valence-electron chi connectivity index (χ1n) is 4.72. The van der Waals surface area contributed by atoms with Crippen LogP contribution in [-0.4, -0.2) is 43.7 Å². The largest absolute Gasteiger partial charge is 0.390 e. The van der Waals surface area contributed by atoms with E-state index in [1.165, 1.54) is 0 Å². The molecule has 0 saturated heterocycles. The molecule has 0 amide bonds. The van der Waals surface area contributed by atoms with Crippen molar-refractivity contribution >= 4 is 12.0 Å². The van der Waals surface area contributed by atoms with Crippen LogP contribution < -0.4 is 11.1 Å². The molecule has 0 radical (unpaired) electrons. The Bertz CT molecular complexity index is 266. The van der Waals surface area contributed by atoms with Crippen LogP contribution in [0.5, 0.6) is 0 Å². The topological polar surface area (TPSA) is 95.4 Å². The molecule has 0 atom stereocenters. The fraction of sp³-hybridized carbons (Fsp3) is 0.750. The summed E-state index contributed by atoms with van der Waals surface area (Å²) in [5.74, 6) is 0. The third-order valence-corrected chi connectivity index (χ3v) is 1.61. The van der Waals surface area contributed by atoms with Crippen molar-refractivity contribution in [3.05, 3.63) is 0 Å². The van der Waals surface area contributed by atoms with Crippen molar-refractivity contribution in [1.29, 1.82) is 0 Å². The number of hydrogen-bond donors (Lipinski definition) is 2. The summed E-state index contributed by atoms with van der Waals surface area (Å²) in [6.45, 7) is 2.60. The first-order chi connectivity index (χ1) is 7.33. The molecular weight excluding hydrogens is 200 g/mol. The van der Waals surface area contributed by atoms with Gasteiger partial charge in [0, 0.05) is 20.3 Å². The number of ether oxygens (including phenoxy) is 2. The molecule has 7 nitrogen and oxygen atoms in total. The standard InChI is InChI=1S/C8H16N4O3/c1-13-5-6-14-4-2-3-10-8-12-11-7(9)15-8/h2-6H2,1H3,(H2,9,11)(H,10,12). The Morgan fingerprint density at radius 1 is 1.33 bits per heavy atom. The summed E-state index contributed by atoms with van der Waals surface area (Å²) in [6.07, 6.45) is 0.853. The molecule has 86 valence electrons. The van der Waals surface area contributed by atoms with Gasteiger partial charge in [0.1, 0.15) is 0 Å². The Balaban J connectivity index is 1.93. The first kappa shape index (κ1) is 11.7. The maximum Gasteiger partial charge on any atom is 0.316 e. The average Bonchev–Trinajstić information content (AvgIpc) is 2.63. The molecule has 0 aliphatic rings. The minimum absolute atomic E-state index is 0.0637. The lowest BCUT2D eigenvalue weighted by Crippen LogP contribution is -2.08. The van der Waals surface area contributed by atoms with E-state index in [2.05, 4.69) is 15.5 Å². The number of rotatable bonds is 8. The zero-order valence-electron chi connectivity index (χ0n) is 8.73. The molecule has 1 heterocycles. The van der Waals surface area contributed by atoms with Crippen LogP contribution in [0, 0.1) is 0 Å². The predicted octanol–water partition coefficient (Wildman–Crippen LogP) is 0.117. The van der Waals surface area contributed by atoms with Crippen LogP contribution in [0.2, 0.25) is 0 Å². The van der Waals surface area contributed by atoms with Gasteiger partial charge in [-0.2, -0.15) is 0 Å². The summed E-state index contributed by atoms with van der Waals surface area (Å²) < 4.78 is 15.0.